The summed E-state index contributed by atoms with van der Waals surface area (Å²) in [6.45, 7) is 7.62. The fourth-order valence-electron chi connectivity index (χ4n) is 9.31. The van der Waals surface area contributed by atoms with E-state index in [9.17, 15) is 0 Å². The predicted octanol–water partition coefficient (Wildman–Crippen LogP) is 8.01. The van der Waals surface area contributed by atoms with Gasteiger partial charge in [0.05, 0.1) is 15.8 Å². The maximum absolute atomic E-state index is 2.83. The van der Waals surface area contributed by atoms with Crippen LogP contribution in [0.15, 0.2) is 72.8 Å². The summed E-state index contributed by atoms with van der Waals surface area (Å²) in [5, 5.41) is 2.79. The average molecular weight is 521 g/mol. The van der Waals surface area contributed by atoms with Gasteiger partial charge in [0.25, 0.3) is 0 Å². The second kappa shape index (κ2) is 6.62. The second-order valence-corrected chi connectivity index (χ2v) is 13.9. The Morgan fingerprint density at radius 3 is 2.56 bits per heavy atom. The maximum Gasteiger partial charge on any atom is 0.333 e. The van der Waals surface area contributed by atoms with Crippen molar-refractivity contribution < 1.29 is 0 Å². The van der Waals surface area contributed by atoms with Gasteiger partial charge >= 0.3 is 6.85 Å². The quantitative estimate of drug-likeness (QED) is 0.184. The average Bonchev–Trinajstić information content (AvgIpc) is 3.54. The van der Waals surface area contributed by atoms with Crippen molar-refractivity contribution in [2.45, 2.75) is 57.4 Å². The third kappa shape index (κ3) is 2.17. The topological polar surface area (TPSA) is 8.17 Å². The third-order valence-electron chi connectivity index (χ3n) is 11.1. The van der Waals surface area contributed by atoms with Crippen molar-refractivity contribution in [2.24, 2.45) is 0 Å². The molecule has 1 saturated carbocycles. The molecule has 4 aliphatic rings. The van der Waals surface area contributed by atoms with Gasteiger partial charge in [0, 0.05) is 43.3 Å². The van der Waals surface area contributed by atoms with E-state index >= 15 is 0 Å². The molecule has 10 rings (SSSR count). The molecule has 4 heteroatoms. The largest absolute Gasteiger partial charge is 0.374 e. The van der Waals surface area contributed by atoms with E-state index in [2.05, 4.69) is 103 Å². The zero-order valence-corrected chi connectivity index (χ0v) is 23.5. The molecule has 2 atom stereocenters. The lowest BCUT2D eigenvalue weighted by atomic mass is 9.45. The summed E-state index contributed by atoms with van der Waals surface area (Å²) in [5.41, 5.74) is 14.8. The highest BCUT2D eigenvalue weighted by molar-refractivity contribution is 7.27. The molecule has 0 bridgehead atoms. The van der Waals surface area contributed by atoms with Crippen LogP contribution >= 0.6 is 11.3 Å². The number of nitrogens with zero attached hydrogens (tertiary/aromatic N) is 2. The van der Waals surface area contributed by atoms with Crippen LogP contribution in [0, 0.1) is 6.92 Å². The van der Waals surface area contributed by atoms with Crippen LogP contribution in [-0.2, 0) is 5.41 Å². The first kappa shape index (κ1) is 21.3. The molecule has 0 N–H and O–H groups in total. The van der Waals surface area contributed by atoms with E-state index in [4.69, 9.17) is 0 Å². The molecule has 0 amide bonds. The lowest BCUT2D eigenvalue weighted by Crippen LogP contribution is -2.61. The summed E-state index contributed by atoms with van der Waals surface area (Å²) < 4.78 is 5.57. The van der Waals surface area contributed by atoms with Gasteiger partial charge in [-0.3, -0.25) is 0 Å². The van der Waals surface area contributed by atoms with Crippen LogP contribution in [0.25, 0.3) is 42.3 Å². The zero-order chi connectivity index (χ0) is 25.8. The molecule has 4 aromatic carbocycles. The van der Waals surface area contributed by atoms with Gasteiger partial charge < -0.3 is 9.38 Å². The molecule has 1 aliphatic carbocycles. The highest BCUT2D eigenvalue weighted by Gasteiger charge is 2.61. The summed E-state index contributed by atoms with van der Waals surface area (Å²) >= 11 is 1.96. The first-order valence-corrected chi connectivity index (χ1v) is 15.4. The molecule has 2 unspecified atom stereocenters. The zero-order valence-electron chi connectivity index (χ0n) is 22.6. The van der Waals surface area contributed by atoms with Crippen LogP contribution in [0.5, 0.6) is 0 Å². The number of hydrogen-bond donors (Lipinski definition) is 0. The first-order chi connectivity index (χ1) is 19.0. The van der Waals surface area contributed by atoms with Gasteiger partial charge in [-0.15, -0.1) is 11.3 Å². The highest BCUT2D eigenvalue weighted by Crippen LogP contribution is 2.61. The Morgan fingerprint density at radius 2 is 1.64 bits per heavy atom. The number of benzene rings is 4. The van der Waals surface area contributed by atoms with Crippen molar-refractivity contribution in [3.05, 3.63) is 83.9 Å². The van der Waals surface area contributed by atoms with Gasteiger partial charge in [-0.05, 0) is 66.4 Å². The van der Waals surface area contributed by atoms with Crippen molar-refractivity contribution in [1.82, 2.24) is 4.48 Å². The number of aryl methyl sites for hydroxylation is 1. The molecule has 6 aromatic rings. The van der Waals surface area contributed by atoms with Gasteiger partial charge in [0.1, 0.15) is 0 Å². The Morgan fingerprint density at radius 1 is 0.821 bits per heavy atom. The van der Waals surface area contributed by atoms with Crippen LogP contribution in [0.2, 0.25) is 0 Å². The predicted molar refractivity (Wildman–Crippen MR) is 168 cm³/mol. The Bertz CT molecular complexity index is 2100. The molecular formula is C35H29BN2S. The van der Waals surface area contributed by atoms with Crippen LogP contribution in [0.4, 0.5) is 11.4 Å². The standard InChI is InChI=1S/C35H29BN2S/c1-20-18-24-21-11-8-12-23-30(21)38(31-22-10-4-5-15-28(22)39-33(23)31)36-26-14-9-13-25-32(26)37(27(19-20)29(24)36)35(3)17-7-6-16-34(25,35)2/h4-5,8-15,18-19H,6-7,16-17H2,1-3H3. The van der Waals surface area contributed by atoms with Crippen LogP contribution in [0.3, 0.4) is 0 Å². The van der Waals surface area contributed by atoms with E-state index < -0.39 is 0 Å². The van der Waals surface area contributed by atoms with Gasteiger partial charge in [-0.25, -0.2) is 0 Å². The minimum atomic E-state index is 0.0869. The fraction of sp³-hybridized carbons (Fsp3) is 0.257. The number of para-hydroxylation sites is 2. The minimum absolute atomic E-state index is 0.0869. The van der Waals surface area contributed by atoms with Gasteiger partial charge in [-0.1, -0.05) is 80.4 Å². The molecule has 0 spiro atoms. The summed E-state index contributed by atoms with van der Waals surface area (Å²) in [4.78, 5) is 2.83. The lowest BCUT2D eigenvalue weighted by molar-refractivity contribution is 0.195. The van der Waals surface area contributed by atoms with E-state index in [1.54, 1.807) is 5.56 Å². The number of thiophene rings is 1. The molecule has 2 nitrogen and oxygen atoms in total. The summed E-state index contributed by atoms with van der Waals surface area (Å²) in [5.74, 6) is 0. The number of fused-ring (bicyclic) bond motifs is 12. The minimum Gasteiger partial charge on any atom is -0.374 e. The fourth-order valence-corrected chi connectivity index (χ4v) is 10.5. The van der Waals surface area contributed by atoms with Gasteiger partial charge in [0.2, 0.25) is 0 Å². The first-order valence-electron chi connectivity index (χ1n) is 14.5. The summed E-state index contributed by atoms with van der Waals surface area (Å²) in [6.07, 6.45) is 5.15. The van der Waals surface area contributed by atoms with E-state index in [1.807, 2.05) is 11.3 Å². The van der Waals surface area contributed by atoms with Crippen LogP contribution in [-0.4, -0.2) is 16.9 Å². The highest BCUT2D eigenvalue weighted by atomic mass is 32.1. The van der Waals surface area contributed by atoms with Crippen molar-refractivity contribution in [3.8, 4) is 11.1 Å². The molecule has 0 saturated heterocycles. The number of rotatable bonds is 0. The summed E-state index contributed by atoms with van der Waals surface area (Å²) in [6, 6.07) is 28.3. The molecule has 5 heterocycles. The lowest BCUT2D eigenvalue weighted by Gasteiger charge is -2.52. The molecule has 3 aliphatic heterocycles. The molecule has 39 heavy (non-hydrogen) atoms. The van der Waals surface area contributed by atoms with E-state index in [0.717, 1.165) is 0 Å². The number of hydrogen-bond acceptors (Lipinski definition) is 2. The van der Waals surface area contributed by atoms with Crippen molar-refractivity contribution in [3.63, 3.8) is 0 Å². The second-order valence-electron chi connectivity index (χ2n) is 12.9. The summed E-state index contributed by atoms with van der Waals surface area (Å²) in [7, 11) is 0. The Balaban J connectivity index is 1.44. The molecule has 0 radical (unpaired) electrons. The SMILES string of the molecule is Cc1cc2c3c(c1)N1c4c(cccc4C4(C)CCCCC14C)B3n1c3c-2cccc3c2sc3ccccc3c21. The van der Waals surface area contributed by atoms with E-state index in [0.29, 0.717) is 0 Å². The number of anilines is 2. The monoisotopic (exact) mass is 520 g/mol. The van der Waals surface area contributed by atoms with Crippen molar-refractivity contribution >= 4 is 71.7 Å². The van der Waals surface area contributed by atoms with Gasteiger partial charge in [0.15, 0.2) is 0 Å². The van der Waals surface area contributed by atoms with Gasteiger partial charge in [-0.2, -0.15) is 0 Å². The van der Waals surface area contributed by atoms with E-state index in [-0.39, 0.29) is 17.8 Å². The molecule has 2 aromatic heterocycles. The maximum atomic E-state index is 2.83. The van der Waals surface area contributed by atoms with E-state index in [1.165, 1.54) is 95.9 Å². The molecule has 188 valence electrons. The molecular weight excluding hydrogens is 491 g/mol. The Hall–Kier alpha value is -3.50. The smallest absolute Gasteiger partial charge is 0.333 e. The normalized spacial score (nSPS) is 24.0. The Kier molecular flexibility index (Phi) is 3.62. The number of aromatic nitrogens is 1. The van der Waals surface area contributed by atoms with Crippen molar-refractivity contribution in [2.75, 3.05) is 4.90 Å². The van der Waals surface area contributed by atoms with Crippen LogP contribution in [0.1, 0.15) is 50.7 Å². The Labute approximate surface area is 233 Å². The third-order valence-corrected chi connectivity index (χ3v) is 12.3. The van der Waals surface area contributed by atoms with Crippen LogP contribution < -0.4 is 15.8 Å². The molecule has 1 fully saturated rings. The van der Waals surface area contributed by atoms with Crippen molar-refractivity contribution in [1.29, 1.82) is 0 Å².